The van der Waals surface area contributed by atoms with Gasteiger partial charge in [0, 0.05) is 36.1 Å². The summed E-state index contributed by atoms with van der Waals surface area (Å²) >= 11 is 1.43. The van der Waals surface area contributed by atoms with Gasteiger partial charge in [0.05, 0.1) is 4.90 Å². The predicted molar refractivity (Wildman–Crippen MR) is 118 cm³/mol. The van der Waals surface area contributed by atoms with Crippen molar-refractivity contribution in [2.24, 2.45) is 0 Å². The molecule has 3 aromatic rings. The number of nitrogens with one attached hydrogen (secondary N) is 1. The van der Waals surface area contributed by atoms with Gasteiger partial charge >= 0.3 is 0 Å². The highest BCUT2D eigenvalue weighted by Crippen LogP contribution is 2.23. The molecule has 30 heavy (non-hydrogen) atoms. The number of carbonyl (C=O) groups is 1. The van der Waals surface area contributed by atoms with Crippen LogP contribution in [-0.2, 0) is 16.4 Å². The van der Waals surface area contributed by atoms with Crippen molar-refractivity contribution in [2.75, 3.05) is 18.4 Å². The van der Waals surface area contributed by atoms with Gasteiger partial charge in [0.25, 0.3) is 5.91 Å². The summed E-state index contributed by atoms with van der Waals surface area (Å²) in [4.78, 5) is 18.1. The molecular weight excluding hydrogens is 418 g/mol. The second kappa shape index (κ2) is 8.67. The molecule has 1 aliphatic rings. The third kappa shape index (κ3) is 4.61. The average Bonchev–Trinajstić information content (AvgIpc) is 3.43. The first-order valence-corrected chi connectivity index (χ1v) is 12.1. The van der Waals surface area contributed by atoms with Crippen molar-refractivity contribution in [3.63, 3.8) is 0 Å². The van der Waals surface area contributed by atoms with Crippen LogP contribution in [0.1, 0.15) is 39.2 Å². The second-order valence-corrected chi connectivity index (χ2v) is 10.4. The van der Waals surface area contributed by atoms with Crippen molar-refractivity contribution in [2.45, 2.75) is 31.1 Å². The Morgan fingerprint density at radius 3 is 2.40 bits per heavy atom. The van der Waals surface area contributed by atoms with Crippen LogP contribution < -0.4 is 5.32 Å². The van der Waals surface area contributed by atoms with Crippen molar-refractivity contribution in [1.29, 1.82) is 0 Å². The van der Waals surface area contributed by atoms with Gasteiger partial charge in [0.15, 0.2) is 5.13 Å². The van der Waals surface area contributed by atoms with E-state index in [0.29, 0.717) is 23.8 Å². The topological polar surface area (TPSA) is 79.4 Å². The molecule has 156 valence electrons. The monoisotopic (exact) mass is 441 g/mol. The number of amides is 1. The minimum Gasteiger partial charge on any atom is -0.298 e. The molecule has 8 heteroatoms. The van der Waals surface area contributed by atoms with Crippen LogP contribution in [0.2, 0.25) is 0 Å². The third-order valence-electron chi connectivity index (χ3n) is 5.09. The Morgan fingerprint density at radius 1 is 1.07 bits per heavy atom. The van der Waals surface area contributed by atoms with Crippen LogP contribution >= 0.6 is 11.3 Å². The first kappa shape index (κ1) is 20.7. The van der Waals surface area contributed by atoms with E-state index in [-0.39, 0.29) is 10.8 Å². The van der Waals surface area contributed by atoms with Crippen molar-refractivity contribution in [1.82, 2.24) is 9.29 Å². The van der Waals surface area contributed by atoms with Crippen LogP contribution in [0.4, 0.5) is 5.13 Å². The molecule has 6 nitrogen and oxygen atoms in total. The zero-order valence-electron chi connectivity index (χ0n) is 16.7. The molecule has 2 heterocycles. The summed E-state index contributed by atoms with van der Waals surface area (Å²) in [5.41, 5.74) is 2.80. The molecule has 1 aromatic heterocycles. The van der Waals surface area contributed by atoms with Gasteiger partial charge in [-0.05, 0) is 49.6 Å². The molecule has 2 aromatic carbocycles. The van der Waals surface area contributed by atoms with Gasteiger partial charge in [-0.1, -0.05) is 29.8 Å². The van der Waals surface area contributed by atoms with Crippen LogP contribution in [0.3, 0.4) is 0 Å². The van der Waals surface area contributed by atoms with Gasteiger partial charge < -0.3 is 0 Å². The summed E-state index contributed by atoms with van der Waals surface area (Å²) < 4.78 is 26.7. The Balaban J connectivity index is 1.40. The summed E-state index contributed by atoms with van der Waals surface area (Å²) in [6.07, 6.45) is 4.31. The second-order valence-electron chi connectivity index (χ2n) is 7.38. The highest BCUT2D eigenvalue weighted by molar-refractivity contribution is 7.89. The fraction of sp³-hybridized carbons (Fsp3) is 0.273. The molecule has 0 bridgehead atoms. The number of aromatic nitrogens is 1. The number of rotatable bonds is 6. The van der Waals surface area contributed by atoms with Crippen LogP contribution in [0.25, 0.3) is 0 Å². The highest BCUT2D eigenvalue weighted by Gasteiger charge is 2.27. The van der Waals surface area contributed by atoms with Gasteiger partial charge in [-0.2, -0.15) is 4.31 Å². The SMILES string of the molecule is Cc1ccc(Cc2cnc(NC(=O)c3ccc(S(=O)(=O)N4CCCC4)cc3)s2)cc1. The maximum atomic E-state index is 12.6. The van der Waals surface area contributed by atoms with E-state index in [1.165, 1.54) is 38.9 Å². The van der Waals surface area contributed by atoms with Crippen LogP contribution in [0.15, 0.2) is 59.6 Å². The molecule has 1 aliphatic heterocycles. The molecule has 4 rings (SSSR count). The van der Waals surface area contributed by atoms with E-state index in [1.54, 1.807) is 18.3 Å². The van der Waals surface area contributed by atoms with Gasteiger partial charge in [0.2, 0.25) is 10.0 Å². The molecule has 0 unspecified atom stereocenters. The van der Waals surface area contributed by atoms with Crippen LogP contribution in [-0.4, -0.2) is 36.7 Å². The maximum Gasteiger partial charge on any atom is 0.257 e. The molecule has 0 radical (unpaired) electrons. The van der Waals surface area contributed by atoms with Gasteiger partial charge in [0.1, 0.15) is 0 Å². The van der Waals surface area contributed by atoms with Gasteiger partial charge in [-0.3, -0.25) is 10.1 Å². The molecule has 0 saturated carbocycles. The van der Waals surface area contributed by atoms with E-state index in [1.807, 2.05) is 0 Å². The van der Waals surface area contributed by atoms with Gasteiger partial charge in [-0.25, -0.2) is 13.4 Å². The standard InChI is InChI=1S/C22H23N3O3S2/c1-16-4-6-17(7-5-16)14-19-15-23-22(29-19)24-21(26)18-8-10-20(11-9-18)30(27,28)25-12-2-3-13-25/h4-11,15H,2-3,12-14H2,1H3,(H,23,24,26). The minimum absolute atomic E-state index is 0.218. The molecule has 1 N–H and O–H groups in total. The lowest BCUT2D eigenvalue weighted by molar-refractivity contribution is 0.102. The number of carbonyl (C=O) groups excluding carboxylic acids is 1. The molecule has 0 spiro atoms. The fourth-order valence-corrected chi connectivity index (χ4v) is 5.74. The Labute approximate surface area is 180 Å². The molecule has 0 atom stereocenters. The van der Waals surface area contributed by atoms with Crippen LogP contribution in [0.5, 0.6) is 0 Å². The smallest absolute Gasteiger partial charge is 0.257 e. The lowest BCUT2D eigenvalue weighted by Crippen LogP contribution is -2.27. The van der Waals surface area contributed by atoms with E-state index in [2.05, 4.69) is 41.5 Å². The Bertz CT molecular complexity index is 1130. The van der Waals surface area contributed by atoms with Crippen molar-refractivity contribution >= 4 is 32.4 Å². The minimum atomic E-state index is -3.48. The van der Waals surface area contributed by atoms with E-state index in [0.717, 1.165) is 24.1 Å². The number of hydrogen-bond acceptors (Lipinski definition) is 5. The van der Waals surface area contributed by atoms with E-state index in [9.17, 15) is 13.2 Å². The summed E-state index contributed by atoms with van der Waals surface area (Å²) in [5, 5.41) is 3.32. The number of thiazole rings is 1. The zero-order chi connectivity index (χ0) is 21.1. The summed E-state index contributed by atoms with van der Waals surface area (Å²) in [5.74, 6) is -0.309. The number of benzene rings is 2. The van der Waals surface area contributed by atoms with E-state index < -0.39 is 10.0 Å². The third-order valence-corrected chi connectivity index (χ3v) is 7.92. The first-order chi connectivity index (χ1) is 14.4. The number of hydrogen-bond donors (Lipinski definition) is 1. The molecular formula is C22H23N3O3S2. The fourth-order valence-electron chi connectivity index (χ4n) is 3.38. The Kier molecular flexibility index (Phi) is 5.99. The maximum absolute atomic E-state index is 12.6. The molecule has 1 saturated heterocycles. The first-order valence-electron chi connectivity index (χ1n) is 9.84. The van der Waals surface area contributed by atoms with E-state index in [4.69, 9.17) is 0 Å². The normalized spacial score (nSPS) is 14.7. The largest absolute Gasteiger partial charge is 0.298 e. The van der Waals surface area contributed by atoms with Crippen molar-refractivity contribution in [3.05, 3.63) is 76.3 Å². The predicted octanol–water partition coefficient (Wildman–Crippen LogP) is 4.08. The summed E-state index contributed by atoms with van der Waals surface area (Å²) in [6.45, 7) is 3.16. The zero-order valence-corrected chi connectivity index (χ0v) is 18.3. The van der Waals surface area contributed by atoms with Gasteiger partial charge in [-0.15, -0.1) is 11.3 Å². The summed E-state index contributed by atoms with van der Waals surface area (Å²) in [7, 11) is -3.48. The highest BCUT2D eigenvalue weighted by atomic mass is 32.2. The number of sulfonamides is 1. The average molecular weight is 442 g/mol. The van der Waals surface area contributed by atoms with Crippen LogP contribution in [0, 0.1) is 6.92 Å². The van der Waals surface area contributed by atoms with E-state index >= 15 is 0 Å². The molecule has 0 aliphatic carbocycles. The number of anilines is 1. The quantitative estimate of drug-likeness (QED) is 0.625. The van der Waals surface area contributed by atoms with Crippen molar-refractivity contribution < 1.29 is 13.2 Å². The molecule has 1 amide bonds. The Morgan fingerprint density at radius 2 is 1.73 bits per heavy atom. The number of nitrogens with zero attached hydrogens (tertiary/aromatic N) is 2. The molecule has 1 fully saturated rings. The Hall–Kier alpha value is -2.55. The lowest BCUT2D eigenvalue weighted by Gasteiger charge is -2.15. The number of aryl methyl sites for hydroxylation is 1. The van der Waals surface area contributed by atoms with Crippen molar-refractivity contribution in [3.8, 4) is 0 Å². The summed E-state index contributed by atoms with van der Waals surface area (Å²) in [6, 6.07) is 14.4. The lowest BCUT2D eigenvalue weighted by atomic mass is 10.1.